The lowest BCUT2D eigenvalue weighted by atomic mass is 10.1. The standard InChI is InChI=1S/C18H18ClN5O3S2/c19-16-5-6-17(28-16)29(26,27)24-9-7-22(8-10-24)18(25)15-3-1-14(2-4-15)11-23-13-20-12-21-23/h1-6,12-13H,7-11H2. The number of thiophene rings is 1. The third-order valence-electron chi connectivity index (χ3n) is 4.68. The number of halogens is 1. The topological polar surface area (TPSA) is 88.4 Å². The molecule has 0 atom stereocenters. The van der Waals surface area contributed by atoms with Crippen molar-refractivity contribution in [3.63, 3.8) is 0 Å². The van der Waals surface area contributed by atoms with Gasteiger partial charge in [0.2, 0.25) is 0 Å². The van der Waals surface area contributed by atoms with Gasteiger partial charge in [-0.15, -0.1) is 11.3 Å². The lowest BCUT2D eigenvalue weighted by Gasteiger charge is -2.33. The number of amides is 1. The third kappa shape index (κ3) is 4.35. The number of nitrogens with zero attached hydrogens (tertiary/aromatic N) is 5. The molecule has 1 fully saturated rings. The SMILES string of the molecule is O=C(c1ccc(Cn2cncn2)cc1)N1CCN(S(=O)(=O)c2ccc(Cl)s2)CC1. The number of benzene rings is 1. The van der Waals surface area contributed by atoms with E-state index in [4.69, 9.17) is 11.6 Å². The van der Waals surface area contributed by atoms with E-state index in [1.165, 1.54) is 16.7 Å². The second-order valence-corrected chi connectivity index (χ2v) is 10.4. The number of rotatable bonds is 5. The molecule has 3 aromatic rings. The highest BCUT2D eigenvalue weighted by Gasteiger charge is 2.31. The van der Waals surface area contributed by atoms with Crippen LogP contribution in [0.15, 0.2) is 53.3 Å². The summed E-state index contributed by atoms with van der Waals surface area (Å²) < 4.78 is 29.1. The van der Waals surface area contributed by atoms with Gasteiger partial charge in [-0.2, -0.15) is 9.40 Å². The first-order chi connectivity index (χ1) is 13.9. The summed E-state index contributed by atoms with van der Waals surface area (Å²) in [4.78, 5) is 18.4. The van der Waals surface area contributed by atoms with Crippen molar-refractivity contribution in [2.45, 2.75) is 10.8 Å². The minimum absolute atomic E-state index is 0.103. The predicted molar refractivity (Wildman–Crippen MR) is 110 cm³/mol. The molecule has 0 unspecified atom stereocenters. The molecule has 0 saturated carbocycles. The second kappa shape index (κ2) is 8.23. The molecule has 1 aromatic carbocycles. The van der Waals surface area contributed by atoms with Gasteiger partial charge in [-0.3, -0.25) is 4.79 Å². The van der Waals surface area contributed by atoms with E-state index in [-0.39, 0.29) is 23.2 Å². The van der Waals surface area contributed by atoms with Gasteiger partial charge in [0.15, 0.2) is 0 Å². The van der Waals surface area contributed by atoms with Gasteiger partial charge in [-0.25, -0.2) is 18.1 Å². The minimum Gasteiger partial charge on any atom is -0.336 e. The molecular weight excluding hydrogens is 434 g/mol. The molecule has 1 aliphatic rings. The van der Waals surface area contributed by atoms with E-state index < -0.39 is 10.0 Å². The van der Waals surface area contributed by atoms with Crippen molar-refractivity contribution in [1.82, 2.24) is 24.0 Å². The van der Waals surface area contributed by atoms with Gasteiger partial charge in [-0.05, 0) is 29.8 Å². The van der Waals surface area contributed by atoms with Crippen LogP contribution >= 0.6 is 22.9 Å². The molecule has 1 amide bonds. The summed E-state index contributed by atoms with van der Waals surface area (Å²) >= 11 is 6.90. The Morgan fingerprint density at radius 1 is 1.07 bits per heavy atom. The summed E-state index contributed by atoms with van der Waals surface area (Å²) in [7, 11) is -3.57. The molecule has 152 valence electrons. The molecule has 1 aliphatic heterocycles. The maximum atomic E-state index is 12.8. The van der Waals surface area contributed by atoms with Crippen LogP contribution in [0.5, 0.6) is 0 Å². The van der Waals surface area contributed by atoms with Crippen LogP contribution in [0, 0.1) is 0 Å². The molecule has 0 aliphatic carbocycles. The Morgan fingerprint density at radius 3 is 2.38 bits per heavy atom. The Kier molecular flexibility index (Phi) is 5.68. The summed E-state index contributed by atoms with van der Waals surface area (Å²) in [6, 6.07) is 10.4. The zero-order chi connectivity index (χ0) is 20.4. The monoisotopic (exact) mass is 451 g/mol. The van der Waals surface area contributed by atoms with Crippen molar-refractivity contribution in [3.8, 4) is 0 Å². The fraction of sp³-hybridized carbons (Fsp3) is 0.278. The second-order valence-electron chi connectivity index (χ2n) is 6.54. The molecule has 0 radical (unpaired) electrons. The van der Waals surface area contributed by atoms with E-state index in [0.717, 1.165) is 16.9 Å². The van der Waals surface area contributed by atoms with Gasteiger partial charge in [0.25, 0.3) is 15.9 Å². The molecule has 0 spiro atoms. The fourth-order valence-corrected chi connectivity index (χ4v) is 6.19. The van der Waals surface area contributed by atoms with Crippen LogP contribution in [0.1, 0.15) is 15.9 Å². The first-order valence-electron chi connectivity index (χ1n) is 8.89. The van der Waals surface area contributed by atoms with E-state index in [9.17, 15) is 13.2 Å². The van der Waals surface area contributed by atoms with E-state index in [0.29, 0.717) is 29.5 Å². The van der Waals surface area contributed by atoms with Crippen molar-refractivity contribution < 1.29 is 13.2 Å². The molecule has 8 nitrogen and oxygen atoms in total. The number of carbonyl (C=O) groups excluding carboxylic acids is 1. The van der Waals surface area contributed by atoms with Crippen LogP contribution in [0.2, 0.25) is 4.34 Å². The fourth-order valence-electron chi connectivity index (χ4n) is 3.13. The number of aromatic nitrogens is 3. The Hall–Kier alpha value is -2.27. The first-order valence-corrected chi connectivity index (χ1v) is 11.5. The smallest absolute Gasteiger partial charge is 0.253 e. The molecule has 29 heavy (non-hydrogen) atoms. The third-order valence-corrected chi connectivity index (χ3v) is 8.28. The quantitative estimate of drug-likeness (QED) is 0.593. The number of carbonyl (C=O) groups is 1. The minimum atomic E-state index is -3.57. The maximum Gasteiger partial charge on any atom is 0.253 e. The van der Waals surface area contributed by atoms with Crippen molar-refractivity contribution >= 4 is 38.9 Å². The average molecular weight is 452 g/mol. The highest BCUT2D eigenvalue weighted by molar-refractivity contribution is 7.91. The molecule has 0 bridgehead atoms. The predicted octanol–water partition coefficient (Wildman–Crippen LogP) is 2.19. The normalized spacial score (nSPS) is 15.6. The summed E-state index contributed by atoms with van der Waals surface area (Å²) in [6.45, 7) is 1.79. The zero-order valence-electron chi connectivity index (χ0n) is 15.3. The highest BCUT2D eigenvalue weighted by Crippen LogP contribution is 2.28. The van der Waals surface area contributed by atoms with E-state index in [1.54, 1.807) is 34.1 Å². The number of piperazine rings is 1. The summed E-state index contributed by atoms with van der Waals surface area (Å²) in [5.41, 5.74) is 1.59. The van der Waals surface area contributed by atoms with Gasteiger partial charge < -0.3 is 4.90 Å². The van der Waals surface area contributed by atoms with Crippen LogP contribution in [-0.4, -0.2) is 64.5 Å². The van der Waals surface area contributed by atoms with Crippen molar-refractivity contribution in [1.29, 1.82) is 0 Å². The van der Waals surface area contributed by atoms with E-state index >= 15 is 0 Å². The molecule has 11 heteroatoms. The molecule has 4 rings (SSSR count). The average Bonchev–Trinajstić information content (AvgIpc) is 3.40. The van der Waals surface area contributed by atoms with Crippen molar-refractivity contribution in [2.24, 2.45) is 0 Å². The lowest BCUT2D eigenvalue weighted by Crippen LogP contribution is -2.50. The lowest BCUT2D eigenvalue weighted by molar-refractivity contribution is 0.0698. The van der Waals surface area contributed by atoms with Gasteiger partial charge in [0, 0.05) is 31.7 Å². The van der Waals surface area contributed by atoms with Gasteiger partial charge in [-0.1, -0.05) is 23.7 Å². The van der Waals surface area contributed by atoms with Gasteiger partial charge in [0.1, 0.15) is 16.9 Å². The number of hydrogen-bond donors (Lipinski definition) is 0. The summed E-state index contributed by atoms with van der Waals surface area (Å²) in [5, 5.41) is 4.06. The molecular formula is C18H18ClN5O3S2. The maximum absolute atomic E-state index is 12.8. The van der Waals surface area contributed by atoms with Crippen LogP contribution in [0.3, 0.4) is 0 Å². The highest BCUT2D eigenvalue weighted by atomic mass is 35.5. The summed E-state index contributed by atoms with van der Waals surface area (Å²) in [6.07, 6.45) is 3.11. The molecule has 1 saturated heterocycles. The summed E-state index contributed by atoms with van der Waals surface area (Å²) in [5.74, 6) is -0.103. The van der Waals surface area contributed by atoms with Crippen LogP contribution in [0.25, 0.3) is 0 Å². The van der Waals surface area contributed by atoms with E-state index in [1.807, 2.05) is 12.1 Å². The van der Waals surface area contributed by atoms with Crippen LogP contribution in [0.4, 0.5) is 0 Å². The van der Waals surface area contributed by atoms with Gasteiger partial charge in [0.05, 0.1) is 10.9 Å². The van der Waals surface area contributed by atoms with Gasteiger partial charge >= 0.3 is 0 Å². The Bertz CT molecular complexity index is 1090. The Labute approximate surface area is 177 Å². The number of sulfonamides is 1. The Morgan fingerprint density at radius 2 is 1.79 bits per heavy atom. The molecule has 2 aromatic heterocycles. The van der Waals surface area contributed by atoms with Crippen LogP contribution in [-0.2, 0) is 16.6 Å². The van der Waals surface area contributed by atoms with E-state index in [2.05, 4.69) is 10.1 Å². The van der Waals surface area contributed by atoms with Crippen LogP contribution < -0.4 is 0 Å². The number of hydrogen-bond acceptors (Lipinski definition) is 6. The first kappa shape index (κ1) is 20.0. The zero-order valence-corrected chi connectivity index (χ0v) is 17.7. The molecule has 0 N–H and O–H groups in total. The molecule has 3 heterocycles. The Balaban J connectivity index is 1.37. The van der Waals surface area contributed by atoms with Crippen molar-refractivity contribution in [2.75, 3.05) is 26.2 Å². The largest absolute Gasteiger partial charge is 0.336 e. The van der Waals surface area contributed by atoms with Crippen molar-refractivity contribution in [3.05, 3.63) is 64.5 Å².